The average molecular weight is 399 g/mol. The lowest BCUT2D eigenvalue weighted by molar-refractivity contribution is -0.0113. The van der Waals surface area contributed by atoms with Crippen LogP contribution >= 0.6 is 24.0 Å². The van der Waals surface area contributed by atoms with Gasteiger partial charge in [0.1, 0.15) is 0 Å². The van der Waals surface area contributed by atoms with E-state index in [-0.39, 0.29) is 42.1 Å². The highest BCUT2D eigenvalue weighted by atomic mass is 127. The number of hydrogen-bond donors (Lipinski definition) is 2. The number of nitrogens with zero attached hydrogens (tertiary/aromatic N) is 2. The van der Waals surface area contributed by atoms with Gasteiger partial charge in [0.2, 0.25) is 0 Å². The maximum atomic E-state index is 9.61. The summed E-state index contributed by atoms with van der Waals surface area (Å²) in [6.07, 6.45) is 1.89. The molecule has 0 aliphatic carbocycles. The number of ether oxygens (including phenoxy) is 2. The lowest BCUT2D eigenvalue weighted by atomic mass is 9.81. The molecule has 20 heavy (non-hydrogen) atoms. The largest absolute Gasteiger partial charge is 0.396 e. The third-order valence-corrected chi connectivity index (χ3v) is 4.03. The van der Waals surface area contributed by atoms with Crippen molar-refractivity contribution in [1.29, 1.82) is 0 Å². The van der Waals surface area contributed by atoms with E-state index in [1.807, 2.05) is 6.92 Å². The van der Waals surface area contributed by atoms with Gasteiger partial charge < -0.3 is 25.2 Å². The van der Waals surface area contributed by atoms with Crippen molar-refractivity contribution in [1.82, 2.24) is 4.90 Å². The Bertz CT molecular complexity index is 322. The molecule has 2 fully saturated rings. The predicted molar refractivity (Wildman–Crippen MR) is 88.5 cm³/mol. The first kappa shape index (κ1) is 17.9. The van der Waals surface area contributed by atoms with Crippen LogP contribution in [-0.2, 0) is 9.47 Å². The number of aliphatic imine (C=N–C) groups is 1. The lowest BCUT2D eigenvalue weighted by Crippen LogP contribution is -2.48. The van der Waals surface area contributed by atoms with E-state index in [9.17, 15) is 5.11 Å². The molecule has 0 radical (unpaired) electrons. The van der Waals surface area contributed by atoms with Crippen LogP contribution < -0.4 is 5.73 Å². The molecule has 1 unspecified atom stereocenters. The van der Waals surface area contributed by atoms with Crippen molar-refractivity contribution < 1.29 is 14.6 Å². The second-order valence-electron chi connectivity index (χ2n) is 5.57. The Balaban J connectivity index is 0.00000200. The molecule has 0 spiro atoms. The van der Waals surface area contributed by atoms with E-state index in [1.54, 1.807) is 0 Å². The molecule has 2 heterocycles. The summed E-state index contributed by atoms with van der Waals surface area (Å²) in [4.78, 5) is 6.55. The molecular weight excluding hydrogens is 373 g/mol. The van der Waals surface area contributed by atoms with Crippen LogP contribution in [0.4, 0.5) is 0 Å². The summed E-state index contributed by atoms with van der Waals surface area (Å²) in [5.74, 6) is 0.564. The summed E-state index contributed by atoms with van der Waals surface area (Å²) >= 11 is 0. The molecule has 0 aromatic carbocycles. The Morgan fingerprint density at radius 3 is 2.70 bits per heavy atom. The quantitative estimate of drug-likeness (QED) is 0.409. The van der Waals surface area contributed by atoms with Crippen molar-refractivity contribution in [2.75, 3.05) is 46.1 Å². The smallest absolute Gasteiger partial charge is 0.191 e. The van der Waals surface area contributed by atoms with E-state index in [1.165, 1.54) is 0 Å². The third kappa shape index (κ3) is 4.71. The van der Waals surface area contributed by atoms with Crippen LogP contribution in [0.5, 0.6) is 0 Å². The van der Waals surface area contributed by atoms with Crippen molar-refractivity contribution in [3.63, 3.8) is 0 Å². The molecule has 0 aromatic heterocycles. The summed E-state index contributed by atoms with van der Waals surface area (Å²) in [7, 11) is 0. The zero-order valence-corrected chi connectivity index (χ0v) is 14.4. The number of halogens is 1. The van der Waals surface area contributed by atoms with Crippen LogP contribution in [0.25, 0.3) is 0 Å². The lowest BCUT2D eigenvalue weighted by Gasteiger charge is -2.35. The van der Waals surface area contributed by atoms with Gasteiger partial charge in [-0.15, -0.1) is 24.0 Å². The molecule has 2 aliphatic rings. The van der Waals surface area contributed by atoms with Crippen molar-refractivity contribution in [3.05, 3.63) is 0 Å². The maximum absolute atomic E-state index is 9.61. The monoisotopic (exact) mass is 399 g/mol. The SMILES string of the molecule is CC1CN(C(N)=NCC2(CO)CCOCC2)CCO1.I. The molecule has 2 aliphatic heterocycles. The summed E-state index contributed by atoms with van der Waals surface area (Å²) in [6, 6.07) is 0. The molecule has 0 amide bonds. The van der Waals surface area contributed by atoms with Crippen molar-refractivity contribution in [2.45, 2.75) is 25.9 Å². The minimum Gasteiger partial charge on any atom is -0.396 e. The Labute approximate surface area is 137 Å². The highest BCUT2D eigenvalue weighted by Gasteiger charge is 2.32. The first-order valence-corrected chi connectivity index (χ1v) is 7.00. The molecule has 1 atom stereocenters. The van der Waals surface area contributed by atoms with E-state index >= 15 is 0 Å². The normalized spacial score (nSPS) is 27.0. The molecule has 2 saturated heterocycles. The third-order valence-electron chi connectivity index (χ3n) is 4.03. The molecule has 2 rings (SSSR count). The number of aliphatic hydroxyl groups is 1. The summed E-state index contributed by atoms with van der Waals surface area (Å²) in [5.41, 5.74) is 5.90. The topological polar surface area (TPSA) is 80.3 Å². The Morgan fingerprint density at radius 1 is 1.40 bits per heavy atom. The highest BCUT2D eigenvalue weighted by molar-refractivity contribution is 14.0. The van der Waals surface area contributed by atoms with Crippen LogP contribution in [-0.4, -0.2) is 68.1 Å². The highest BCUT2D eigenvalue weighted by Crippen LogP contribution is 2.30. The number of nitrogens with two attached hydrogens (primary N) is 1. The maximum Gasteiger partial charge on any atom is 0.191 e. The first-order valence-electron chi connectivity index (χ1n) is 7.00. The van der Waals surface area contributed by atoms with Crippen LogP contribution in [0.2, 0.25) is 0 Å². The van der Waals surface area contributed by atoms with Gasteiger partial charge in [0.05, 0.1) is 25.9 Å². The molecule has 0 aromatic rings. The number of aliphatic hydroxyl groups excluding tert-OH is 1. The minimum absolute atomic E-state index is 0. The predicted octanol–water partition coefficient (Wildman–Crippen LogP) is 0.429. The molecule has 3 N–H and O–H groups in total. The molecule has 7 heteroatoms. The van der Waals surface area contributed by atoms with Gasteiger partial charge in [-0.05, 0) is 19.8 Å². The molecule has 6 nitrogen and oxygen atoms in total. The van der Waals surface area contributed by atoms with Gasteiger partial charge in [-0.2, -0.15) is 0 Å². The summed E-state index contributed by atoms with van der Waals surface area (Å²) in [6.45, 7) is 6.41. The fourth-order valence-electron chi connectivity index (χ4n) is 2.55. The van der Waals surface area contributed by atoms with Crippen molar-refractivity contribution in [3.8, 4) is 0 Å². The second kappa shape index (κ2) is 8.35. The fraction of sp³-hybridized carbons (Fsp3) is 0.923. The van der Waals surface area contributed by atoms with Crippen molar-refractivity contribution in [2.24, 2.45) is 16.1 Å². The Kier molecular flexibility index (Phi) is 7.49. The first-order chi connectivity index (χ1) is 9.15. The van der Waals surface area contributed by atoms with Crippen LogP contribution in [0.15, 0.2) is 4.99 Å². The number of hydrogen-bond acceptors (Lipinski definition) is 4. The van der Waals surface area contributed by atoms with E-state index in [2.05, 4.69) is 9.89 Å². The van der Waals surface area contributed by atoms with Gasteiger partial charge in [0, 0.05) is 31.7 Å². The van der Waals surface area contributed by atoms with Crippen LogP contribution in [0.3, 0.4) is 0 Å². The van der Waals surface area contributed by atoms with Gasteiger partial charge in [-0.1, -0.05) is 0 Å². The Hall–Kier alpha value is -0.120. The molecule has 0 saturated carbocycles. The van der Waals surface area contributed by atoms with Gasteiger partial charge >= 0.3 is 0 Å². The van der Waals surface area contributed by atoms with Gasteiger partial charge in [0.25, 0.3) is 0 Å². The Morgan fingerprint density at radius 2 is 2.10 bits per heavy atom. The van der Waals surface area contributed by atoms with Gasteiger partial charge in [0.15, 0.2) is 5.96 Å². The minimum atomic E-state index is -0.152. The molecule has 118 valence electrons. The van der Waals surface area contributed by atoms with E-state index in [0.29, 0.717) is 32.3 Å². The van der Waals surface area contributed by atoms with E-state index in [4.69, 9.17) is 15.2 Å². The van der Waals surface area contributed by atoms with Gasteiger partial charge in [-0.25, -0.2) is 0 Å². The van der Waals surface area contributed by atoms with E-state index in [0.717, 1.165) is 25.9 Å². The number of morpholine rings is 1. The van der Waals surface area contributed by atoms with Crippen LogP contribution in [0.1, 0.15) is 19.8 Å². The second-order valence-corrected chi connectivity index (χ2v) is 5.57. The number of guanidine groups is 1. The number of rotatable bonds is 3. The molecular formula is C13H26IN3O3. The van der Waals surface area contributed by atoms with Crippen LogP contribution in [0, 0.1) is 5.41 Å². The standard InChI is InChI=1S/C13H25N3O3.HI/c1-11-8-16(4-7-19-11)12(14)15-9-13(10-17)2-5-18-6-3-13;/h11,17H,2-10H2,1H3,(H2,14,15);1H. The summed E-state index contributed by atoms with van der Waals surface area (Å²) < 4.78 is 10.8. The average Bonchev–Trinajstić information content (AvgIpc) is 2.46. The van der Waals surface area contributed by atoms with E-state index < -0.39 is 0 Å². The zero-order valence-electron chi connectivity index (χ0n) is 12.1. The van der Waals surface area contributed by atoms with Gasteiger partial charge in [-0.3, -0.25) is 4.99 Å². The summed E-state index contributed by atoms with van der Waals surface area (Å²) in [5, 5.41) is 9.61. The zero-order chi connectivity index (χ0) is 13.7. The van der Waals surface area contributed by atoms with Crippen molar-refractivity contribution >= 4 is 29.9 Å². The molecule has 0 bridgehead atoms. The fourth-order valence-corrected chi connectivity index (χ4v) is 2.55.